The van der Waals surface area contributed by atoms with Crippen LogP contribution in [0.3, 0.4) is 0 Å². The second kappa shape index (κ2) is 8.09. The molecule has 184 valence electrons. The van der Waals surface area contributed by atoms with Gasteiger partial charge in [0.2, 0.25) is 0 Å². The van der Waals surface area contributed by atoms with Crippen LogP contribution in [0, 0.1) is 39.4 Å². The first-order chi connectivity index (χ1) is 15.3. The SMILES string of the molecule is CC(C)=CCC[C@@H](C(=O)O)[C@@H]1CC[C@]2(C)C3=C(CC[C@]12C)[C@@]1(C)CCC(=O)C(C)(C)[C@@H]1CC3. The van der Waals surface area contributed by atoms with Crippen LogP contribution in [0.1, 0.15) is 113 Å². The molecule has 0 aliphatic heterocycles. The number of carboxylic acid groups (broad SMARTS) is 1. The minimum Gasteiger partial charge on any atom is -0.481 e. The lowest BCUT2D eigenvalue weighted by Crippen LogP contribution is -2.54. The molecule has 4 aliphatic carbocycles. The molecule has 33 heavy (non-hydrogen) atoms. The van der Waals surface area contributed by atoms with Crippen molar-refractivity contribution in [3.8, 4) is 0 Å². The summed E-state index contributed by atoms with van der Waals surface area (Å²) in [4.78, 5) is 25.2. The molecule has 0 unspecified atom stereocenters. The van der Waals surface area contributed by atoms with Crippen molar-refractivity contribution in [2.45, 2.75) is 113 Å². The molecular formula is C30H46O3. The van der Waals surface area contributed by atoms with Gasteiger partial charge in [-0.3, -0.25) is 9.59 Å². The number of carboxylic acids is 1. The highest BCUT2D eigenvalue weighted by molar-refractivity contribution is 5.85. The van der Waals surface area contributed by atoms with E-state index in [1.54, 1.807) is 11.1 Å². The summed E-state index contributed by atoms with van der Waals surface area (Å²) >= 11 is 0. The molecule has 2 saturated carbocycles. The van der Waals surface area contributed by atoms with Crippen LogP contribution in [0.4, 0.5) is 0 Å². The van der Waals surface area contributed by atoms with E-state index < -0.39 is 5.97 Å². The van der Waals surface area contributed by atoms with Gasteiger partial charge >= 0.3 is 5.97 Å². The van der Waals surface area contributed by atoms with E-state index >= 15 is 0 Å². The highest BCUT2D eigenvalue weighted by Gasteiger charge is 2.64. The van der Waals surface area contributed by atoms with Crippen LogP contribution >= 0.6 is 0 Å². The van der Waals surface area contributed by atoms with Crippen molar-refractivity contribution in [2.75, 3.05) is 0 Å². The standard InChI is InChI=1S/C30H46O3/c1-19(2)9-8-10-20(26(32)33)21-13-17-30(7)23-11-12-24-27(3,4)25(31)15-16-28(24,5)22(23)14-18-29(21,30)6/h9,20-21,24H,8,10-18H2,1-7H3,(H,32,33)/t20-,21+,24+,28-,29-,30-/m1/s1. The second-order valence-electron chi connectivity index (χ2n) is 13.3. The Morgan fingerprint density at radius 1 is 1.00 bits per heavy atom. The van der Waals surface area contributed by atoms with Crippen LogP contribution in [0.15, 0.2) is 22.8 Å². The quantitative estimate of drug-likeness (QED) is 0.432. The fourth-order valence-corrected chi connectivity index (χ4v) is 9.22. The number of aliphatic carboxylic acids is 1. The summed E-state index contributed by atoms with van der Waals surface area (Å²) < 4.78 is 0. The van der Waals surface area contributed by atoms with Gasteiger partial charge in [0.1, 0.15) is 5.78 Å². The number of fused-ring (bicyclic) bond motifs is 4. The van der Waals surface area contributed by atoms with Crippen molar-refractivity contribution >= 4 is 11.8 Å². The zero-order chi connectivity index (χ0) is 24.4. The highest BCUT2D eigenvalue weighted by Crippen LogP contribution is 2.72. The molecule has 0 aromatic heterocycles. The van der Waals surface area contributed by atoms with Crippen molar-refractivity contribution < 1.29 is 14.7 Å². The highest BCUT2D eigenvalue weighted by atomic mass is 16.4. The van der Waals surface area contributed by atoms with Crippen molar-refractivity contribution in [1.29, 1.82) is 0 Å². The molecule has 0 bridgehead atoms. The Kier molecular flexibility index (Phi) is 6.07. The average Bonchev–Trinajstić information content (AvgIpc) is 3.00. The first kappa shape index (κ1) is 24.7. The topological polar surface area (TPSA) is 54.4 Å². The van der Waals surface area contributed by atoms with E-state index in [0.717, 1.165) is 57.8 Å². The lowest BCUT2D eigenvalue weighted by atomic mass is 9.43. The van der Waals surface area contributed by atoms with Crippen molar-refractivity contribution in [2.24, 2.45) is 39.4 Å². The Balaban J connectivity index is 1.70. The van der Waals surface area contributed by atoms with Crippen LogP contribution < -0.4 is 0 Å². The van der Waals surface area contributed by atoms with E-state index in [1.165, 1.54) is 5.57 Å². The summed E-state index contributed by atoms with van der Waals surface area (Å²) in [5.74, 6) is 0.270. The molecule has 0 aromatic rings. The van der Waals surface area contributed by atoms with Crippen molar-refractivity contribution in [1.82, 2.24) is 0 Å². The first-order valence-corrected chi connectivity index (χ1v) is 13.4. The van der Waals surface area contributed by atoms with Gasteiger partial charge in [-0.05, 0) is 99.7 Å². The number of carbonyl (C=O) groups excluding carboxylic acids is 1. The van der Waals surface area contributed by atoms with Crippen LogP contribution in [0.5, 0.6) is 0 Å². The molecule has 3 heteroatoms. The van der Waals surface area contributed by atoms with Gasteiger partial charge < -0.3 is 5.11 Å². The average molecular weight is 455 g/mol. The molecule has 0 saturated heterocycles. The molecule has 0 radical (unpaired) electrons. The lowest BCUT2D eigenvalue weighted by Gasteiger charge is -2.60. The Morgan fingerprint density at radius 2 is 1.70 bits per heavy atom. The number of hydrogen-bond donors (Lipinski definition) is 1. The third-order valence-electron chi connectivity index (χ3n) is 11.4. The van der Waals surface area contributed by atoms with Gasteiger partial charge in [0.25, 0.3) is 0 Å². The van der Waals surface area contributed by atoms with Crippen molar-refractivity contribution in [3.05, 3.63) is 22.8 Å². The predicted molar refractivity (Wildman–Crippen MR) is 134 cm³/mol. The Bertz CT molecular complexity index is 904. The molecule has 4 aliphatic rings. The van der Waals surface area contributed by atoms with Gasteiger partial charge in [-0.25, -0.2) is 0 Å². The zero-order valence-corrected chi connectivity index (χ0v) is 22.1. The van der Waals surface area contributed by atoms with Gasteiger partial charge in [0, 0.05) is 11.8 Å². The first-order valence-electron chi connectivity index (χ1n) is 13.4. The molecule has 6 atom stereocenters. The number of carbonyl (C=O) groups is 2. The molecular weight excluding hydrogens is 408 g/mol. The molecule has 4 rings (SSSR count). The molecule has 1 N–H and O–H groups in total. The molecule has 0 aromatic carbocycles. The van der Waals surface area contributed by atoms with E-state index in [-0.39, 0.29) is 33.5 Å². The number of ketones is 1. The fraction of sp³-hybridized carbons (Fsp3) is 0.800. The van der Waals surface area contributed by atoms with Crippen LogP contribution in [0.25, 0.3) is 0 Å². The Labute approximate surface area is 201 Å². The van der Waals surface area contributed by atoms with E-state index in [1.807, 2.05) is 0 Å². The summed E-state index contributed by atoms with van der Waals surface area (Å²) in [6, 6.07) is 0. The van der Waals surface area contributed by atoms with Gasteiger partial charge in [-0.2, -0.15) is 0 Å². The normalized spacial score (nSPS) is 40.5. The minimum absolute atomic E-state index is 0.0447. The summed E-state index contributed by atoms with van der Waals surface area (Å²) in [6.07, 6.45) is 12.0. The fourth-order valence-electron chi connectivity index (χ4n) is 9.22. The third-order valence-corrected chi connectivity index (χ3v) is 11.4. The zero-order valence-electron chi connectivity index (χ0n) is 22.1. The minimum atomic E-state index is -0.601. The molecule has 0 spiro atoms. The summed E-state index contributed by atoms with van der Waals surface area (Å²) in [6.45, 7) is 15.9. The number of hydrogen-bond acceptors (Lipinski definition) is 2. The van der Waals surface area contributed by atoms with Crippen LogP contribution in [-0.2, 0) is 9.59 Å². The summed E-state index contributed by atoms with van der Waals surface area (Å²) in [5, 5.41) is 10.2. The molecule has 2 fully saturated rings. The second-order valence-corrected chi connectivity index (χ2v) is 13.3. The molecule has 3 nitrogen and oxygen atoms in total. The maximum atomic E-state index is 12.8. The predicted octanol–water partition coefficient (Wildman–Crippen LogP) is 7.75. The largest absolute Gasteiger partial charge is 0.481 e. The lowest BCUT2D eigenvalue weighted by molar-refractivity contribution is -0.146. The van der Waals surface area contributed by atoms with E-state index in [4.69, 9.17) is 0 Å². The van der Waals surface area contributed by atoms with Crippen LogP contribution in [-0.4, -0.2) is 16.9 Å². The van der Waals surface area contributed by atoms with Crippen LogP contribution in [0.2, 0.25) is 0 Å². The Morgan fingerprint density at radius 3 is 2.33 bits per heavy atom. The number of Topliss-reactive ketones (excluding diaryl/α,β-unsaturated/α-hetero) is 1. The smallest absolute Gasteiger partial charge is 0.306 e. The van der Waals surface area contributed by atoms with E-state index in [9.17, 15) is 14.7 Å². The number of rotatable bonds is 5. The van der Waals surface area contributed by atoms with Gasteiger partial charge in [-0.1, -0.05) is 57.4 Å². The molecule has 0 heterocycles. The van der Waals surface area contributed by atoms with E-state index in [0.29, 0.717) is 18.1 Å². The van der Waals surface area contributed by atoms with Gasteiger partial charge in [0.05, 0.1) is 5.92 Å². The summed E-state index contributed by atoms with van der Waals surface area (Å²) in [5.41, 5.74) is 4.63. The third kappa shape index (κ3) is 3.50. The van der Waals surface area contributed by atoms with E-state index in [2.05, 4.69) is 54.5 Å². The van der Waals surface area contributed by atoms with Gasteiger partial charge in [0.15, 0.2) is 0 Å². The van der Waals surface area contributed by atoms with Gasteiger partial charge in [-0.15, -0.1) is 0 Å². The maximum Gasteiger partial charge on any atom is 0.306 e. The number of allylic oxidation sites excluding steroid dienone is 4. The summed E-state index contributed by atoms with van der Waals surface area (Å²) in [7, 11) is 0. The monoisotopic (exact) mass is 454 g/mol. The van der Waals surface area contributed by atoms with Crippen molar-refractivity contribution in [3.63, 3.8) is 0 Å². The molecule has 0 amide bonds. The maximum absolute atomic E-state index is 12.8. The Hall–Kier alpha value is -1.38.